The number of nitrogens with two attached hydrogens (primary N) is 1. The molecule has 1 atom stereocenters. The topological polar surface area (TPSA) is 57.4 Å². The molecule has 0 amide bonds. The summed E-state index contributed by atoms with van der Waals surface area (Å²) in [5, 5.41) is 0. The van der Waals surface area contributed by atoms with E-state index in [9.17, 15) is 0 Å². The molecule has 3 rings (SSSR count). The van der Waals surface area contributed by atoms with Gasteiger partial charge in [0, 0.05) is 29.4 Å². The second-order valence-corrected chi connectivity index (χ2v) is 7.13. The van der Waals surface area contributed by atoms with E-state index in [2.05, 4.69) is 34.8 Å². The normalized spacial score (nSPS) is 14.0. The van der Waals surface area contributed by atoms with E-state index in [4.69, 9.17) is 15.2 Å². The molecular weight excluding hydrogens is 356 g/mol. The van der Waals surface area contributed by atoms with Crippen LogP contribution in [0.15, 0.2) is 34.9 Å². The Morgan fingerprint density at radius 2 is 2.22 bits per heavy atom. The molecule has 2 N–H and O–H groups in total. The Bertz CT molecular complexity index is 703. The summed E-state index contributed by atoms with van der Waals surface area (Å²) >= 11 is 3.58. The summed E-state index contributed by atoms with van der Waals surface area (Å²) in [6.07, 6.45) is 2.74. The Morgan fingerprint density at radius 3 is 3.00 bits per heavy atom. The fourth-order valence-corrected chi connectivity index (χ4v) is 3.23. The van der Waals surface area contributed by atoms with E-state index < -0.39 is 0 Å². The largest absolute Gasteiger partial charge is 0.491 e. The van der Waals surface area contributed by atoms with Crippen LogP contribution in [0, 0.1) is 5.92 Å². The molecule has 1 aliphatic heterocycles. The fraction of sp³-hybridized carbons (Fsp3) is 0.389. The molecule has 23 heavy (non-hydrogen) atoms. The van der Waals surface area contributed by atoms with Crippen LogP contribution < -0.4 is 15.2 Å². The minimum atomic E-state index is 0.0289. The highest BCUT2D eigenvalue weighted by atomic mass is 79.9. The van der Waals surface area contributed by atoms with Crippen molar-refractivity contribution in [3.05, 3.63) is 40.5 Å². The minimum Gasteiger partial charge on any atom is -0.491 e. The number of benzene rings is 1. The Kier molecular flexibility index (Phi) is 4.87. The number of fused-ring (bicyclic) bond motifs is 3. The third-order valence-electron chi connectivity index (χ3n) is 3.79. The average Bonchev–Trinajstić information content (AvgIpc) is 2.52. The molecule has 0 aliphatic carbocycles. The van der Waals surface area contributed by atoms with Gasteiger partial charge in [-0.05, 0) is 40.4 Å². The quantitative estimate of drug-likeness (QED) is 0.850. The van der Waals surface area contributed by atoms with Crippen molar-refractivity contribution in [2.24, 2.45) is 11.7 Å². The van der Waals surface area contributed by atoms with Crippen molar-refractivity contribution >= 4 is 15.9 Å². The van der Waals surface area contributed by atoms with Crippen LogP contribution in [-0.2, 0) is 6.61 Å². The Balaban J connectivity index is 1.81. The Labute approximate surface area is 145 Å². The highest BCUT2D eigenvalue weighted by Crippen LogP contribution is 2.42. The number of aromatic nitrogens is 1. The summed E-state index contributed by atoms with van der Waals surface area (Å²) in [5.41, 5.74) is 9.14. The molecule has 2 heterocycles. The lowest BCUT2D eigenvalue weighted by Crippen LogP contribution is -2.29. The molecule has 5 heteroatoms. The van der Waals surface area contributed by atoms with Crippen LogP contribution >= 0.6 is 15.9 Å². The number of nitrogens with zero attached hydrogens (tertiary/aromatic N) is 1. The zero-order valence-electron chi connectivity index (χ0n) is 13.4. The number of ether oxygens (including phenoxy) is 2. The van der Waals surface area contributed by atoms with E-state index >= 15 is 0 Å². The van der Waals surface area contributed by atoms with Gasteiger partial charge >= 0.3 is 0 Å². The molecule has 122 valence electrons. The lowest BCUT2D eigenvalue weighted by Gasteiger charge is -2.22. The Morgan fingerprint density at radius 1 is 1.39 bits per heavy atom. The highest BCUT2D eigenvalue weighted by Gasteiger charge is 2.21. The standard InChI is InChI=1S/C18H21BrN2O2/c1-11(2)6-13(20)10-23-17-8-16-14(7-15(17)19)18-12(9-22-16)4-3-5-21-18/h3-5,7-8,11,13H,6,9-10,20H2,1-2H3. The number of pyridine rings is 1. The molecule has 0 saturated carbocycles. The summed E-state index contributed by atoms with van der Waals surface area (Å²) in [4.78, 5) is 4.48. The lowest BCUT2D eigenvalue weighted by atomic mass is 10.0. The molecule has 1 unspecified atom stereocenters. The third kappa shape index (κ3) is 3.67. The maximum atomic E-state index is 6.09. The molecule has 4 nitrogen and oxygen atoms in total. The summed E-state index contributed by atoms with van der Waals surface area (Å²) in [7, 11) is 0. The number of hydrogen-bond donors (Lipinski definition) is 1. The molecule has 0 radical (unpaired) electrons. The minimum absolute atomic E-state index is 0.0289. The van der Waals surface area contributed by atoms with E-state index in [1.54, 1.807) is 6.20 Å². The van der Waals surface area contributed by atoms with Crippen LogP contribution in [0.3, 0.4) is 0 Å². The van der Waals surface area contributed by atoms with E-state index in [1.165, 1.54) is 0 Å². The monoisotopic (exact) mass is 376 g/mol. The molecule has 1 aromatic heterocycles. The first-order valence-electron chi connectivity index (χ1n) is 7.83. The van der Waals surface area contributed by atoms with Crippen LogP contribution in [0.25, 0.3) is 11.3 Å². The molecule has 0 spiro atoms. The number of hydrogen-bond acceptors (Lipinski definition) is 4. The van der Waals surface area contributed by atoms with Gasteiger partial charge in [0.25, 0.3) is 0 Å². The van der Waals surface area contributed by atoms with Crippen molar-refractivity contribution in [3.63, 3.8) is 0 Å². The SMILES string of the molecule is CC(C)CC(N)COc1cc2c(cc1Br)-c1ncccc1CO2. The van der Waals surface area contributed by atoms with Crippen LogP contribution in [0.5, 0.6) is 11.5 Å². The fourth-order valence-electron chi connectivity index (χ4n) is 2.77. The number of rotatable bonds is 5. The maximum Gasteiger partial charge on any atom is 0.137 e. The predicted molar refractivity (Wildman–Crippen MR) is 94.6 cm³/mol. The van der Waals surface area contributed by atoms with Gasteiger partial charge in [-0.3, -0.25) is 4.98 Å². The van der Waals surface area contributed by atoms with Crippen LogP contribution in [0.2, 0.25) is 0 Å². The number of halogens is 1. The molecule has 2 aromatic rings. The highest BCUT2D eigenvalue weighted by molar-refractivity contribution is 9.10. The molecular formula is C18H21BrN2O2. The van der Waals surface area contributed by atoms with Gasteiger partial charge in [0.2, 0.25) is 0 Å². The molecule has 0 fully saturated rings. The molecule has 0 bridgehead atoms. The Hall–Kier alpha value is -1.59. The van der Waals surface area contributed by atoms with E-state index in [-0.39, 0.29) is 6.04 Å². The van der Waals surface area contributed by atoms with Gasteiger partial charge in [0.15, 0.2) is 0 Å². The third-order valence-corrected chi connectivity index (χ3v) is 4.41. The van der Waals surface area contributed by atoms with Gasteiger partial charge in [-0.1, -0.05) is 19.9 Å². The van der Waals surface area contributed by atoms with Crippen molar-refractivity contribution in [1.82, 2.24) is 4.98 Å². The lowest BCUT2D eigenvalue weighted by molar-refractivity contribution is 0.264. The summed E-state index contributed by atoms with van der Waals surface area (Å²) in [5.74, 6) is 2.11. The van der Waals surface area contributed by atoms with Gasteiger partial charge in [-0.15, -0.1) is 0 Å². The van der Waals surface area contributed by atoms with Crippen molar-refractivity contribution in [2.75, 3.05) is 6.61 Å². The molecule has 1 aromatic carbocycles. The van der Waals surface area contributed by atoms with Gasteiger partial charge in [0.1, 0.15) is 24.7 Å². The second-order valence-electron chi connectivity index (χ2n) is 6.28. The first-order chi connectivity index (χ1) is 11.0. The van der Waals surface area contributed by atoms with Crippen molar-refractivity contribution in [3.8, 4) is 22.8 Å². The van der Waals surface area contributed by atoms with Crippen LogP contribution in [0.1, 0.15) is 25.8 Å². The van der Waals surface area contributed by atoms with Crippen LogP contribution in [0.4, 0.5) is 0 Å². The first-order valence-corrected chi connectivity index (χ1v) is 8.63. The van der Waals surface area contributed by atoms with Gasteiger partial charge in [0.05, 0.1) is 10.2 Å². The second kappa shape index (κ2) is 6.89. The van der Waals surface area contributed by atoms with Crippen molar-refractivity contribution in [1.29, 1.82) is 0 Å². The summed E-state index contributed by atoms with van der Waals surface area (Å²) in [6, 6.07) is 7.91. The van der Waals surface area contributed by atoms with E-state index in [1.807, 2.05) is 24.3 Å². The van der Waals surface area contributed by atoms with Gasteiger partial charge < -0.3 is 15.2 Å². The zero-order chi connectivity index (χ0) is 16.4. The van der Waals surface area contributed by atoms with Gasteiger partial charge in [-0.25, -0.2) is 0 Å². The smallest absolute Gasteiger partial charge is 0.137 e. The molecule has 1 aliphatic rings. The van der Waals surface area contributed by atoms with E-state index in [0.29, 0.717) is 19.1 Å². The predicted octanol–water partition coefficient (Wildman–Crippen LogP) is 4.16. The molecule has 0 saturated heterocycles. The summed E-state index contributed by atoms with van der Waals surface area (Å²) < 4.78 is 12.6. The maximum absolute atomic E-state index is 6.09. The zero-order valence-corrected chi connectivity index (χ0v) is 15.0. The van der Waals surface area contributed by atoms with Crippen LogP contribution in [-0.4, -0.2) is 17.6 Å². The van der Waals surface area contributed by atoms with E-state index in [0.717, 1.165) is 39.2 Å². The summed E-state index contributed by atoms with van der Waals surface area (Å²) in [6.45, 7) is 5.34. The van der Waals surface area contributed by atoms with Crippen molar-refractivity contribution in [2.45, 2.75) is 32.9 Å². The first kappa shape index (κ1) is 16.3. The van der Waals surface area contributed by atoms with Crippen molar-refractivity contribution < 1.29 is 9.47 Å². The average molecular weight is 377 g/mol. The van der Waals surface area contributed by atoms with Gasteiger partial charge in [-0.2, -0.15) is 0 Å².